The van der Waals surface area contributed by atoms with Gasteiger partial charge in [-0.2, -0.15) is 0 Å². The Labute approximate surface area is 112 Å². The molecule has 6 nitrogen and oxygen atoms in total. The predicted octanol–water partition coefficient (Wildman–Crippen LogP) is -0.141. The van der Waals surface area contributed by atoms with Crippen LogP contribution >= 0.6 is 0 Å². The third-order valence-corrected chi connectivity index (χ3v) is 4.21. The lowest BCUT2D eigenvalue weighted by atomic mass is 9.85. The number of amides is 1. The van der Waals surface area contributed by atoms with Crippen molar-refractivity contribution in [2.75, 3.05) is 6.61 Å². The van der Waals surface area contributed by atoms with Crippen LogP contribution in [0.2, 0.25) is 0 Å². The number of aliphatic carboxylic acids is 1. The van der Waals surface area contributed by atoms with E-state index in [1.807, 2.05) is 0 Å². The van der Waals surface area contributed by atoms with Gasteiger partial charge in [0.15, 0.2) is 0 Å². The van der Waals surface area contributed by atoms with Crippen molar-refractivity contribution in [2.24, 2.45) is 5.92 Å². The van der Waals surface area contributed by atoms with Crippen LogP contribution in [0.4, 0.5) is 0 Å². The number of aliphatic hydroxyl groups is 1. The fraction of sp³-hybridized carbons (Fsp3) is 0.846. The third-order valence-electron chi connectivity index (χ3n) is 4.21. The number of nitrogens with one attached hydrogen (secondary N) is 2. The molecule has 1 amide bonds. The number of hydrogen-bond acceptors (Lipinski definition) is 4. The van der Waals surface area contributed by atoms with Crippen LogP contribution in [0.25, 0.3) is 0 Å². The summed E-state index contributed by atoms with van der Waals surface area (Å²) in [4.78, 5) is 23.0. The van der Waals surface area contributed by atoms with Gasteiger partial charge in [-0.05, 0) is 25.2 Å². The first-order chi connectivity index (χ1) is 9.11. The minimum Gasteiger partial charge on any atom is -0.480 e. The lowest BCUT2D eigenvalue weighted by Crippen LogP contribution is -2.49. The summed E-state index contributed by atoms with van der Waals surface area (Å²) in [7, 11) is 0. The number of aliphatic hydroxyl groups excluding tert-OH is 1. The standard InChI is InChI=1S/C13H22N2O4/c16-6-5-10(13(18)19)15-12(17)11-7-8-3-1-2-4-9(8)14-11/h8-11,14,16H,1-7H2,(H,15,17)(H,18,19). The van der Waals surface area contributed by atoms with E-state index in [-0.39, 0.29) is 25.0 Å². The average molecular weight is 270 g/mol. The van der Waals surface area contributed by atoms with Gasteiger partial charge in [0.1, 0.15) is 6.04 Å². The Kier molecular flexibility index (Phi) is 4.76. The van der Waals surface area contributed by atoms with Crippen LogP contribution in [0.15, 0.2) is 0 Å². The molecule has 1 heterocycles. The molecule has 0 radical (unpaired) electrons. The number of carboxylic acids is 1. The van der Waals surface area contributed by atoms with Gasteiger partial charge in [0.25, 0.3) is 0 Å². The van der Waals surface area contributed by atoms with E-state index in [2.05, 4.69) is 10.6 Å². The van der Waals surface area contributed by atoms with Gasteiger partial charge in [0, 0.05) is 19.1 Å². The highest BCUT2D eigenvalue weighted by Crippen LogP contribution is 2.33. The van der Waals surface area contributed by atoms with Crippen molar-refractivity contribution in [1.82, 2.24) is 10.6 Å². The molecule has 1 aliphatic carbocycles. The van der Waals surface area contributed by atoms with Gasteiger partial charge in [-0.25, -0.2) is 4.79 Å². The second-order valence-electron chi connectivity index (χ2n) is 5.52. The summed E-state index contributed by atoms with van der Waals surface area (Å²) < 4.78 is 0. The van der Waals surface area contributed by atoms with Crippen LogP contribution in [-0.4, -0.2) is 46.8 Å². The Bertz CT molecular complexity index is 334. The zero-order valence-corrected chi connectivity index (χ0v) is 11.0. The van der Waals surface area contributed by atoms with Gasteiger partial charge in [-0.1, -0.05) is 12.8 Å². The number of carbonyl (C=O) groups is 2. The van der Waals surface area contributed by atoms with E-state index in [1.54, 1.807) is 0 Å². The minimum atomic E-state index is -1.10. The maximum absolute atomic E-state index is 12.1. The van der Waals surface area contributed by atoms with Crippen LogP contribution in [0.5, 0.6) is 0 Å². The first-order valence-corrected chi connectivity index (χ1v) is 7.02. The molecule has 6 heteroatoms. The molecule has 1 saturated carbocycles. The van der Waals surface area contributed by atoms with E-state index in [9.17, 15) is 9.59 Å². The van der Waals surface area contributed by atoms with E-state index >= 15 is 0 Å². The Morgan fingerprint density at radius 2 is 2.05 bits per heavy atom. The smallest absolute Gasteiger partial charge is 0.326 e. The molecule has 0 bridgehead atoms. The van der Waals surface area contributed by atoms with Crippen molar-refractivity contribution in [3.05, 3.63) is 0 Å². The quantitative estimate of drug-likeness (QED) is 0.557. The Hall–Kier alpha value is -1.14. The molecular weight excluding hydrogens is 248 g/mol. The second kappa shape index (κ2) is 6.34. The maximum Gasteiger partial charge on any atom is 0.326 e. The van der Waals surface area contributed by atoms with Gasteiger partial charge < -0.3 is 20.8 Å². The Morgan fingerprint density at radius 1 is 1.32 bits per heavy atom. The fourth-order valence-corrected chi connectivity index (χ4v) is 3.18. The van der Waals surface area contributed by atoms with E-state index in [0.717, 1.165) is 19.3 Å². The molecule has 0 aromatic heterocycles. The van der Waals surface area contributed by atoms with Crippen molar-refractivity contribution in [2.45, 2.75) is 56.7 Å². The molecule has 0 aromatic carbocycles. The summed E-state index contributed by atoms with van der Waals surface area (Å²) in [6, 6.07) is -0.874. The molecule has 4 unspecified atom stereocenters. The summed E-state index contributed by atoms with van der Waals surface area (Å²) in [5.74, 6) is -0.807. The fourth-order valence-electron chi connectivity index (χ4n) is 3.18. The summed E-state index contributed by atoms with van der Waals surface area (Å²) in [6.07, 6.45) is 5.51. The molecule has 2 aliphatic rings. The average Bonchev–Trinajstić information content (AvgIpc) is 2.81. The number of hydrogen-bond donors (Lipinski definition) is 4. The van der Waals surface area contributed by atoms with Crippen molar-refractivity contribution < 1.29 is 19.8 Å². The Morgan fingerprint density at radius 3 is 2.68 bits per heavy atom. The molecule has 108 valence electrons. The van der Waals surface area contributed by atoms with Gasteiger partial charge in [-0.15, -0.1) is 0 Å². The van der Waals surface area contributed by atoms with Crippen molar-refractivity contribution >= 4 is 11.9 Å². The van der Waals surface area contributed by atoms with Crippen molar-refractivity contribution in [1.29, 1.82) is 0 Å². The molecule has 1 saturated heterocycles. The lowest BCUT2D eigenvalue weighted by molar-refractivity contribution is -0.142. The SMILES string of the molecule is O=C(O)C(CCO)NC(=O)C1CC2CCCCC2N1. The number of fused-ring (bicyclic) bond motifs is 1. The van der Waals surface area contributed by atoms with Crippen LogP contribution in [-0.2, 0) is 9.59 Å². The monoisotopic (exact) mass is 270 g/mol. The molecule has 19 heavy (non-hydrogen) atoms. The molecule has 2 fully saturated rings. The molecule has 2 rings (SSSR count). The van der Waals surface area contributed by atoms with E-state index in [0.29, 0.717) is 12.0 Å². The highest BCUT2D eigenvalue weighted by atomic mass is 16.4. The largest absolute Gasteiger partial charge is 0.480 e. The summed E-state index contributed by atoms with van der Waals surface area (Å²) in [6.45, 7) is -0.249. The van der Waals surface area contributed by atoms with Crippen molar-refractivity contribution in [3.63, 3.8) is 0 Å². The van der Waals surface area contributed by atoms with Gasteiger partial charge >= 0.3 is 5.97 Å². The van der Waals surface area contributed by atoms with Crippen LogP contribution in [0, 0.1) is 5.92 Å². The molecule has 0 aromatic rings. The lowest BCUT2D eigenvalue weighted by Gasteiger charge is -2.24. The highest BCUT2D eigenvalue weighted by molar-refractivity contribution is 5.87. The normalized spacial score (nSPS) is 31.5. The van der Waals surface area contributed by atoms with Crippen LogP contribution < -0.4 is 10.6 Å². The zero-order chi connectivity index (χ0) is 13.8. The first-order valence-electron chi connectivity index (χ1n) is 7.02. The molecule has 4 atom stereocenters. The first kappa shape index (κ1) is 14.3. The molecule has 4 N–H and O–H groups in total. The molecule has 0 spiro atoms. The summed E-state index contributed by atoms with van der Waals surface area (Å²) in [5, 5.41) is 23.6. The molecular formula is C13H22N2O4. The zero-order valence-electron chi connectivity index (χ0n) is 11.0. The van der Waals surface area contributed by atoms with Crippen LogP contribution in [0.3, 0.4) is 0 Å². The van der Waals surface area contributed by atoms with Gasteiger partial charge in [0.05, 0.1) is 6.04 Å². The third kappa shape index (κ3) is 3.45. The highest BCUT2D eigenvalue weighted by Gasteiger charge is 2.38. The van der Waals surface area contributed by atoms with E-state index in [4.69, 9.17) is 10.2 Å². The minimum absolute atomic E-state index is 0.0423. The van der Waals surface area contributed by atoms with Gasteiger partial charge in [0.2, 0.25) is 5.91 Å². The molecule has 1 aliphatic heterocycles. The number of carboxylic acid groups (broad SMARTS) is 1. The Balaban J connectivity index is 1.87. The van der Waals surface area contributed by atoms with E-state index < -0.39 is 12.0 Å². The van der Waals surface area contributed by atoms with Crippen molar-refractivity contribution in [3.8, 4) is 0 Å². The second-order valence-corrected chi connectivity index (χ2v) is 5.52. The van der Waals surface area contributed by atoms with E-state index in [1.165, 1.54) is 12.8 Å². The summed E-state index contributed by atoms with van der Waals surface area (Å²) >= 11 is 0. The number of rotatable bonds is 5. The maximum atomic E-state index is 12.1. The predicted molar refractivity (Wildman–Crippen MR) is 68.6 cm³/mol. The number of carbonyl (C=O) groups excluding carboxylic acids is 1. The van der Waals surface area contributed by atoms with Gasteiger partial charge in [-0.3, -0.25) is 4.79 Å². The summed E-state index contributed by atoms with van der Waals surface area (Å²) in [5.41, 5.74) is 0. The topological polar surface area (TPSA) is 98.7 Å². The van der Waals surface area contributed by atoms with Crippen LogP contribution in [0.1, 0.15) is 38.5 Å².